The molecule has 0 aliphatic heterocycles. The Balaban J connectivity index is 1.82. The van der Waals surface area contributed by atoms with Gasteiger partial charge in [-0.05, 0) is 49.1 Å². The first-order chi connectivity index (χ1) is 23.3. The van der Waals surface area contributed by atoms with Gasteiger partial charge in [0.25, 0.3) is 0 Å². The van der Waals surface area contributed by atoms with Crippen molar-refractivity contribution in [1.82, 2.24) is 0 Å². The van der Waals surface area contributed by atoms with Crippen molar-refractivity contribution < 1.29 is 48.8 Å². The van der Waals surface area contributed by atoms with E-state index in [9.17, 15) is 39.3 Å². The summed E-state index contributed by atoms with van der Waals surface area (Å²) in [4.78, 5) is 68.2. The number of aliphatic hydroxyl groups is 3. The summed E-state index contributed by atoms with van der Waals surface area (Å²) in [7, 11) is 0. The van der Waals surface area contributed by atoms with E-state index in [4.69, 9.17) is 9.47 Å². The molecule has 3 N–H and O–H groups in total. The van der Waals surface area contributed by atoms with Crippen LogP contribution in [0.2, 0.25) is 0 Å². The van der Waals surface area contributed by atoms with E-state index in [0.29, 0.717) is 5.56 Å². The van der Waals surface area contributed by atoms with Crippen LogP contribution in [0.3, 0.4) is 0 Å². The molecule has 3 saturated carbocycles. The van der Waals surface area contributed by atoms with Crippen LogP contribution in [0.1, 0.15) is 81.5 Å². The van der Waals surface area contributed by atoms with Crippen LogP contribution in [-0.2, 0) is 23.9 Å². The van der Waals surface area contributed by atoms with Crippen molar-refractivity contribution in [3.05, 3.63) is 84.4 Å². The highest BCUT2D eigenvalue weighted by Crippen LogP contribution is 2.70. The summed E-state index contributed by atoms with van der Waals surface area (Å²) in [5, 5.41) is 37.1. The Kier molecular flexibility index (Phi) is 9.90. The number of ketones is 3. The fraction of sp³-hybridized carbons (Fsp3) is 0.525. The second-order valence-electron chi connectivity index (χ2n) is 15.5. The van der Waals surface area contributed by atoms with E-state index in [1.54, 1.807) is 81.4 Å². The van der Waals surface area contributed by atoms with Gasteiger partial charge in [0.1, 0.15) is 29.2 Å². The van der Waals surface area contributed by atoms with Gasteiger partial charge in [-0.2, -0.15) is 0 Å². The van der Waals surface area contributed by atoms with Gasteiger partial charge in [-0.25, -0.2) is 4.79 Å². The molecule has 3 fully saturated rings. The average Bonchev–Trinajstić information content (AvgIpc) is 3.06. The van der Waals surface area contributed by atoms with Gasteiger partial charge in [0.05, 0.1) is 17.6 Å². The Morgan fingerprint density at radius 3 is 1.94 bits per heavy atom. The molecule has 10 heteroatoms. The average molecular weight is 689 g/mol. The second kappa shape index (κ2) is 13.3. The molecule has 0 bridgehead atoms. The minimum atomic E-state index is -2.46. The van der Waals surface area contributed by atoms with E-state index < -0.39 is 87.7 Å². The van der Waals surface area contributed by atoms with E-state index in [0.717, 1.165) is 0 Å². The molecular weight excluding hydrogens is 640 g/mol. The summed E-state index contributed by atoms with van der Waals surface area (Å²) in [5.41, 5.74) is -6.69. The van der Waals surface area contributed by atoms with Crippen molar-refractivity contribution in [2.45, 2.75) is 90.3 Å². The molecule has 268 valence electrons. The molecule has 50 heavy (non-hydrogen) atoms. The summed E-state index contributed by atoms with van der Waals surface area (Å²) >= 11 is 0. The first-order valence-corrected chi connectivity index (χ1v) is 17.2. The quantitative estimate of drug-likeness (QED) is 0.194. The molecular formula is C40H48O10. The number of ether oxygens (including phenoxy) is 2. The number of esters is 2. The number of hydrogen-bond acceptors (Lipinski definition) is 10. The zero-order valence-corrected chi connectivity index (χ0v) is 29.5. The molecule has 11 unspecified atom stereocenters. The number of rotatable bonds is 9. The molecule has 3 aliphatic carbocycles. The van der Waals surface area contributed by atoms with Crippen LogP contribution < -0.4 is 0 Å². The normalized spacial score (nSPS) is 37.4. The highest BCUT2D eigenvalue weighted by molar-refractivity contribution is 5.98. The van der Waals surface area contributed by atoms with Crippen molar-refractivity contribution in [1.29, 1.82) is 0 Å². The molecule has 0 radical (unpaired) electrons. The molecule has 2 aromatic rings. The van der Waals surface area contributed by atoms with Gasteiger partial charge in [0.15, 0.2) is 11.6 Å². The van der Waals surface area contributed by atoms with Gasteiger partial charge >= 0.3 is 11.9 Å². The number of carbonyl (C=O) groups is 5. The van der Waals surface area contributed by atoms with Crippen LogP contribution in [0.15, 0.2) is 73.3 Å². The van der Waals surface area contributed by atoms with E-state index in [1.807, 2.05) is 0 Å². The first kappa shape index (κ1) is 37.3. The highest BCUT2D eigenvalue weighted by Gasteiger charge is 2.78. The lowest BCUT2D eigenvalue weighted by atomic mass is 9.35. The molecule has 0 heterocycles. The zero-order valence-electron chi connectivity index (χ0n) is 29.5. The molecule has 10 nitrogen and oxygen atoms in total. The monoisotopic (exact) mass is 688 g/mol. The molecule has 3 aliphatic rings. The Labute approximate surface area is 292 Å². The van der Waals surface area contributed by atoms with Crippen LogP contribution in [0.4, 0.5) is 0 Å². The fourth-order valence-electron chi connectivity index (χ4n) is 9.95. The topological polar surface area (TPSA) is 164 Å². The first-order valence-electron chi connectivity index (χ1n) is 17.2. The van der Waals surface area contributed by atoms with Crippen LogP contribution in [0.25, 0.3) is 0 Å². The van der Waals surface area contributed by atoms with Gasteiger partial charge < -0.3 is 29.6 Å². The van der Waals surface area contributed by atoms with E-state index in [2.05, 4.69) is 6.58 Å². The maximum Gasteiger partial charge on any atom is 0.338 e. The van der Waals surface area contributed by atoms with Gasteiger partial charge in [-0.1, -0.05) is 75.4 Å². The molecule has 0 amide bonds. The maximum absolute atomic E-state index is 14.7. The van der Waals surface area contributed by atoms with Gasteiger partial charge in [-0.3, -0.25) is 14.4 Å². The zero-order chi connectivity index (χ0) is 37.0. The van der Waals surface area contributed by atoms with E-state index in [-0.39, 0.29) is 36.4 Å². The Bertz CT molecular complexity index is 1670. The van der Waals surface area contributed by atoms with Gasteiger partial charge in [0.2, 0.25) is 0 Å². The fourth-order valence-corrected chi connectivity index (χ4v) is 9.95. The Morgan fingerprint density at radius 1 is 0.860 bits per heavy atom. The largest absolute Gasteiger partial charge is 0.459 e. The third-order valence-corrected chi connectivity index (χ3v) is 12.2. The lowest BCUT2D eigenvalue weighted by molar-refractivity contribution is -0.302. The number of hydrogen-bond donors (Lipinski definition) is 3. The molecule has 0 aromatic heterocycles. The van der Waals surface area contributed by atoms with Crippen molar-refractivity contribution in [3.8, 4) is 0 Å². The minimum absolute atomic E-state index is 0.0376. The summed E-state index contributed by atoms with van der Waals surface area (Å²) in [6.07, 6.45) is -3.15. The third-order valence-electron chi connectivity index (χ3n) is 12.2. The summed E-state index contributed by atoms with van der Waals surface area (Å²) in [5.74, 6) is -8.41. The van der Waals surface area contributed by atoms with Crippen molar-refractivity contribution in [2.75, 3.05) is 0 Å². The summed E-state index contributed by atoms with van der Waals surface area (Å²) in [6.45, 7) is 13.0. The molecule has 11 atom stereocenters. The number of fused-ring (bicyclic) bond motifs is 3. The number of aliphatic hydroxyl groups excluding tert-OH is 1. The van der Waals surface area contributed by atoms with Gasteiger partial charge in [-0.15, -0.1) is 6.58 Å². The predicted molar refractivity (Wildman–Crippen MR) is 183 cm³/mol. The van der Waals surface area contributed by atoms with Crippen LogP contribution >= 0.6 is 0 Å². The number of Topliss-reactive ketones (excluding diaryl/α,β-unsaturated/α-hetero) is 3. The van der Waals surface area contributed by atoms with Crippen molar-refractivity contribution >= 4 is 29.3 Å². The van der Waals surface area contributed by atoms with Crippen LogP contribution in [-0.4, -0.2) is 74.1 Å². The van der Waals surface area contributed by atoms with E-state index >= 15 is 0 Å². The van der Waals surface area contributed by atoms with E-state index in [1.165, 1.54) is 26.8 Å². The Morgan fingerprint density at radius 2 is 1.42 bits per heavy atom. The smallest absolute Gasteiger partial charge is 0.338 e. The number of benzene rings is 2. The minimum Gasteiger partial charge on any atom is -0.459 e. The standard InChI is InChI=1S/C40H48O10/c1-8-27-31(50-35(45)25-17-13-10-14-18-25)33-38(6)28(21-29(43)24-15-11-9-12-16-24)32(49-23(3)42)34(44)37(4,5)30(38)20-26(19-22(2)41)40(33,48)36(46)39(27,7)47/h8-18,26-28,30-34,44,47-48H,1,19-21H2,2-7H3. The molecule has 2 aromatic carbocycles. The molecule has 0 spiro atoms. The SMILES string of the molecule is C=CC1C(OC(=O)c2ccccc2)C2C(O)(C(=O)C1(C)O)C(CC(C)=O)CC1C(C)(C)C(O)C(OC(C)=O)C(CC(=O)c3ccccc3)C12C. The Hall–Kier alpha value is -3.99. The van der Waals surface area contributed by atoms with Crippen molar-refractivity contribution in [3.63, 3.8) is 0 Å². The molecule has 5 rings (SSSR count). The second-order valence-corrected chi connectivity index (χ2v) is 15.5. The molecule has 0 saturated heterocycles. The highest BCUT2D eigenvalue weighted by atomic mass is 16.6. The summed E-state index contributed by atoms with van der Waals surface area (Å²) in [6, 6.07) is 16.6. The maximum atomic E-state index is 14.7. The summed E-state index contributed by atoms with van der Waals surface area (Å²) < 4.78 is 12.2. The predicted octanol–water partition coefficient (Wildman–Crippen LogP) is 4.54. The lowest BCUT2D eigenvalue weighted by Crippen LogP contribution is -2.80. The van der Waals surface area contributed by atoms with Crippen LogP contribution in [0, 0.1) is 40.4 Å². The van der Waals surface area contributed by atoms with Crippen molar-refractivity contribution in [2.24, 2.45) is 40.4 Å². The third kappa shape index (κ3) is 5.85. The van der Waals surface area contributed by atoms with Crippen LogP contribution in [0.5, 0.6) is 0 Å². The van der Waals surface area contributed by atoms with Gasteiger partial charge in [0, 0.05) is 43.1 Å². The number of carbonyl (C=O) groups excluding carboxylic acids is 5. The lowest BCUT2D eigenvalue weighted by Gasteiger charge is -2.71.